The summed E-state index contributed by atoms with van der Waals surface area (Å²) in [4.78, 5) is 10.6. The molecule has 0 atom stereocenters. The Bertz CT molecular complexity index is 316. The quantitative estimate of drug-likeness (QED) is 0.107. The van der Waals surface area contributed by atoms with Crippen molar-refractivity contribution in [2.75, 3.05) is 0 Å². The van der Waals surface area contributed by atoms with Crippen molar-refractivity contribution in [3.8, 4) is 0 Å². The van der Waals surface area contributed by atoms with Crippen molar-refractivity contribution in [3.63, 3.8) is 0 Å². The predicted octanol–water partition coefficient (Wildman–Crippen LogP) is 7.96. The molecule has 0 saturated carbocycles. The molecule has 0 aliphatic rings. The van der Waals surface area contributed by atoms with Gasteiger partial charge in [-0.25, -0.2) is 0 Å². The van der Waals surface area contributed by atoms with Gasteiger partial charge in [0.05, 0.1) is 0 Å². The minimum atomic E-state index is -2.55. The molecule has 0 aromatic heterocycles. The highest BCUT2D eigenvalue weighted by atomic mass is 35.8. The van der Waals surface area contributed by atoms with Gasteiger partial charge in [0.2, 0.25) is 5.24 Å². The SMILES string of the molecule is O=C(Cl)CCCCCCCCCCCCCC/C=C/[Si](Cl)(Cl)Cl. The number of carbonyl (C=O) groups excluding carboxylic acids is 1. The van der Waals surface area contributed by atoms with Crippen LogP contribution in [-0.2, 0) is 4.79 Å². The largest absolute Gasteiger partial charge is 0.365 e. The second-order valence-electron chi connectivity index (χ2n) is 6.08. The summed E-state index contributed by atoms with van der Waals surface area (Å²) in [6.07, 6.45) is 18.6. The number of carbonyl (C=O) groups is 1. The Kier molecular flexibility index (Phi) is 16.8. The van der Waals surface area contributed by atoms with Crippen molar-refractivity contribution in [3.05, 3.63) is 11.8 Å². The first kappa shape index (κ1) is 23.8. The zero-order valence-electron chi connectivity index (χ0n) is 14.0. The fourth-order valence-corrected chi connectivity index (χ4v) is 3.88. The summed E-state index contributed by atoms with van der Waals surface area (Å²) in [6.45, 7) is 0. The van der Waals surface area contributed by atoms with E-state index < -0.39 is 6.00 Å². The summed E-state index contributed by atoms with van der Waals surface area (Å²) in [7, 11) is 0. The molecule has 0 amide bonds. The zero-order chi connectivity index (χ0) is 17.4. The van der Waals surface area contributed by atoms with Gasteiger partial charge in [0, 0.05) is 6.42 Å². The van der Waals surface area contributed by atoms with E-state index in [1.165, 1.54) is 64.2 Å². The van der Waals surface area contributed by atoms with Gasteiger partial charge in [-0.1, -0.05) is 76.0 Å². The molecule has 0 aromatic rings. The van der Waals surface area contributed by atoms with Crippen LogP contribution in [0.25, 0.3) is 0 Å². The summed E-state index contributed by atoms with van der Waals surface area (Å²) in [5, 5.41) is -0.201. The third-order valence-electron chi connectivity index (χ3n) is 3.80. The van der Waals surface area contributed by atoms with Gasteiger partial charge >= 0.3 is 6.00 Å². The molecule has 0 radical (unpaired) electrons. The van der Waals surface area contributed by atoms with Crippen LogP contribution < -0.4 is 0 Å². The molecule has 136 valence electrons. The Morgan fingerprint density at radius 1 is 0.696 bits per heavy atom. The van der Waals surface area contributed by atoms with Crippen molar-refractivity contribution in [2.45, 2.75) is 89.9 Å². The molecule has 0 saturated heterocycles. The van der Waals surface area contributed by atoms with Gasteiger partial charge in [0.1, 0.15) is 0 Å². The second kappa shape index (κ2) is 16.3. The third-order valence-corrected chi connectivity index (χ3v) is 5.74. The molecule has 0 aliphatic carbocycles. The third kappa shape index (κ3) is 22.8. The maximum atomic E-state index is 10.6. The van der Waals surface area contributed by atoms with E-state index in [4.69, 9.17) is 44.8 Å². The molecular formula is C17H30Cl4OSi. The van der Waals surface area contributed by atoms with E-state index >= 15 is 0 Å². The van der Waals surface area contributed by atoms with Crippen molar-refractivity contribution in [1.29, 1.82) is 0 Å². The molecule has 0 heterocycles. The lowest BCUT2D eigenvalue weighted by molar-refractivity contribution is -0.111. The average molecular weight is 420 g/mol. The number of halogens is 4. The lowest BCUT2D eigenvalue weighted by atomic mass is 10.0. The molecule has 0 bridgehead atoms. The Morgan fingerprint density at radius 2 is 1.09 bits per heavy atom. The Hall–Kier alpha value is 0.787. The summed E-state index contributed by atoms with van der Waals surface area (Å²) < 4.78 is 0. The molecule has 23 heavy (non-hydrogen) atoms. The molecule has 0 spiro atoms. The number of unbranched alkanes of at least 4 members (excludes halogenated alkanes) is 12. The van der Waals surface area contributed by atoms with Crippen LogP contribution >= 0.6 is 44.8 Å². The van der Waals surface area contributed by atoms with Crippen molar-refractivity contribution in [2.24, 2.45) is 0 Å². The predicted molar refractivity (Wildman–Crippen MR) is 108 cm³/mol. The highest BCUT2D eigenvalue weighted by Crippen LogP contribution is 2.21. The first-order valence-corrected chi connectivity index (χ1v) is 14.3. The topological polar surface area (TPSA) is 17.1 Å². The lowest BCUT2D eigenvalue weighted by Crippen LogP contribution is -2.02. The number of hydrogen-bond acceptors (Lipinski definition) is 1. The van der Waals surface area contributed by atoms with E-state index in [0.717, 1.165) is 19.3 Å². The van der Waals surface area contributed by atoms with Gasteiger partial charge in [0.25, 0.3) is 0 Å². The summed E-state index contributed by atoms with van der Waals surface area (Å²) in [5.41, 5.74) is 1.77. The van der Waals surface area contributed by atoms with Crippen molar-refractivity contribution >= 4 is 56.1 Å². The van der Waals surface area contributed by atoms with Gasteiger partial charge in [-0.15, -0.1) is 33.2 Å². The first-order chi connectivity index (χ1) is 10.9. The Labute approximate surface area is 162 Å². The molecule has 0 unspecified atom stereocenters. The Balaban J connectivity index is 3.11. The number of hydrogen-bond donors (Lipinski definition) is 0. The van der Waals surface area contributed by atoms with E-state index in [9.17, 15) is 4.79 Å². The Morgan fingerprint density at radius 3 is 1.48 bits per heavy atom. The monoisotopic (exact) mass is 418 g/mol. The van der Waals surface area contributed by atoms with E-state index in [0.29, 0.717) is 6.42 Å². The molecule has 0 rings (SSSR count). The van der Waals surface area contributed by atoms with Crippen LogP contribution in [0.5, 0.6) is 0 Å². The highest BCUT2D eigenvalue weighted by molar-refractivity contribution is 7.66. The standard InChI is InChI=1S/C17H30Cl4OSi/c18-17(22)15-13-11-9-7-5-3-1-2-4-6-8-10-12-14-16-23(19,20)21/h14,16H,1-13,15H2/b16-14+. The average Bonchev–Trinajstić information content (AvgIpc) is 2.45. The zero-order valence-corrected chi connectivity index (χ0v) is 18.0. The van der Waals surface area contributed by atoms with Crippen LogP contribution in [0.4, 0.5) is 0 Å². The first-order valence-electron chi connectivity index (χ1n) is 8.84. The number of rotatable bonds is 16. The molecule has 0 aliphatic heterocycles. The molecule has 0 N–H and O–H groups in total. The normalized spacial score (nSPS) is 12.2. The van der Waals surface area contributed by atoms with Crippen LogP contribution in [0.3, 0.4) is 0 Å². The fraction of sp³-hybridized carbons (Fsp3) is 0.824. The summed E-state index contributed by atoms with van der Waals surface area (Å²) >= 11 is 22.6. The molecule has 1 nitrogen and oxygen atoms in total. The van der Waals surface area contributed by atoms with Gasteiger partial charge < -0.3 is 0 Å². The van der Waals surface area contributed by atoms with Crippen molar-refractivity contribution in [1.82, 2.24) is 0 Å². The van der Waals surface area contributed by atoms with Gasteiger partial charge in [0.15, 0.2) is 0 Å². The maximum Gasteiger partial charge on any atom is 0.365 e. The van der Waals surface area contributed by atoms with Crippen LogP contribution in [0.15, 0.2) is 11.8 Å². The fourth-order valence-electron chi connectivity index (χ4n) is 2.51. The minimum Gasteiger partial charge on any atom is -0.281 e. The molecule has 0 fully saturated rings. The smallest absolute Gasteiger partial charge is 0.281 e. The van der Waals surface area contributed by atoms with Crippen LogP contribution in [0.1, 0.15) is 89.9 Å². The minimum absolute atomic E-state index is 0.201. The second-order valence-corrected chi connectivity index (χ2v) is 15.0. The van der Waals surface area contributed by atoms with E-state index in [1.54, 1.807) is 5.70 Å². The van der Waals surface area contributed by atoms with E-state index in [-0.39, 0.29) is 5.24 Å². The molecule has 0 aromatic carbocycles. The lowest BCUT2D eigenvalue weighted by Gasteiger charge is -2.03. The summed E-state index contributed by atoms with van der Waals surface area (Å²) in [6, 6.07) is -2.55. The maximum absolute atomic E-state index is 10.6. The number of allylic oxidation sites excluding steroid dienone is 1. The van der Waals surface area contributed by atoms with E-state index in [2.05, 4.69) is 0 Å². The van der Waals surface area contributed by atoms with Gasteiger partial charge in [-0.3, -0.25) is 4.79 Å². The van der Waals surface area contributed by atoms with Gasteiger partial charge in [-0.2, -0.15) is 0 Å². The van der Waals surface area contributed by atoms with Crippen LogP contribution in [-0.4, -0.2) is 11.2 Å². The van der Waals surface area contributed by atoms with Crippen LogP contribution in [0.2, 0.25) is 0 Å². The van der Waals surface area contributed by atoms with Crippen LogP contribution in [0, 0.1) is 0 Å². The highest BCUT2D eigenvalue weighted by Gasteiger charge is 2.19. The molecular weight excluding hydrogens is 390 g/mol. The van der Waals surface area contributed by atoms with Crippen molar-refractivity contribution < 1.29 is 4.79 Å². The summed E-state index contributed by atoms with van der Waals surface area (Å²) in [5.74, 6) is 0. The molecule has 6 heteroatoms. The van der Waals surface area contributed by atoms with Gasteiger partial charge in [-0.05, 0) is 30.9 Å². The van der Waals surface area contributed by atoms with E-state index in [1.807, 2.05) is 6.08 Å².